The normalized spacial score (nSPS) is 13.2. The molecule has 2 heterocycles. The van der Waals surface area contributed by atoms with Gasteiger partial charge in [0.05, 0.1) is 0 Å². The third-order valence-corrected chi connectivity index (χ3v) is 7.19. The molecule has 0 aliphatic carbocycles. The maximum Gasteiger partial charge on any atom is 4.00 e. The molecular formula is C36H32N4Pt. The standard InChI is InChI=1S/C24H23N4.C12H9.Pt/c1-25-17-27(23-12-5-3-10-21(23)25)15-19-8-7-9-20(14-19)16-28-18-26(2)22-11-4-6-13-24(22)28;1-3-7-11(8-4-1)12-9-5-2-6-10-12;/h3-13,17-18H,15-16H2,1-2H3;1,3-10H;/q-3;-1;+4. The van der Waals surface area contributed by atoms with Crippen molar-refractivity contribution in [2.24, 2.45) is 0 Å². The predicted molar refractivity (Wildman–Crippen MR) is 167 cm³/mol. The molecule has 0 saturated heterocycles. The van der Waals surface area contributed by atoms with Gasteiger partial charge in [0.15, 0.2) is 0 Å². The van der Waals surface area contributed by atoms with Crippen LogP contribution in [0, 0.1) is 25.5 Å². The molecule has 0 aromatic heterocycles. The van der Waals surface area contributed by atoms with Crippen LogP contribution < -0.4 is 19.6 Å². The fourth-order valence-electron chi connectivity index (χ4n) is 5.26. The van der Waals surface area contributed by atoms with Crippen molar-refractivity contribution in [1.82, 2.24) is 0 Å². The zero-order valence-electron chi connectivity index (χ0n) is 23.2. The van der Waals surface area contributed by atoms with Gasteiger partial charge in [-0.25, -0.2) is 0 Å². The van der Waals surface area contributed by atoms with E-state index in [9.17, 15) is 0 Å². The van der Waals surface area contributed by atoms with E-state index in [2.05, 4.69) is 150 Å². The van der Waals surface area contributed by atoms with Crippen molar-refractivity contribution < 1.29 is 21.1 Å². The number of rotatable bonds is 5. The molecule has 2 aliphatic heterocycles. The fraction of sp³-hybridized carbons (Fsp3) is 0.111. The molecule has 4 nitrogen and oxygen atoms in total. The molecule has 0 saturated carbocycles. The molecule has 0 N–H and O–H groups in total. The fourth-order valence-corrected chi connectivity index (χ4v) is 5.26. The molecule has 5 heteroatoms. The predicted octanol–water partition coefficient (Wildman–Crippen LogP) is 7.79. The van der Waals surface area contributed by atoms with Crippen molar-refractivity contribution in [3.05, 3.63) is 158 Å². The van der Waals surface area contributed by atoms with Gasteiger partial charge in [-0.1, -0.05) is 54.6 Å². The summed E-state index contributed by atoms with van der Waals surface area (Å²) in [5.41, 5.74) is 9.86. The molecule has 0 atom stereocenters. The minimum Gasteiger partial charge on any atom is -0.504 e. The topological polar surface area (TPSA) is 13.0 Å². The van der Waals surface area contributed by atoms with Crippen LogP contribution in [-0.2, 0) is 34.2 Å². The van der Waals surface area contributed by atoms with Crippen molar-refractivity contribution in [3.8, 4) is 11.1 Å². The van der Waals surface area contributed by atoms with E-state index < -0.39 is 0 Å². The van der Waals surface area contributed by atoms with E-state index in [1.165, 1.54) is 45.0 Å². The van der Waals surface area contributed by atoms with Crippen LogP contribution in [0.15, 0.2) is 121 Å². The molecule has 41 heavy (non-hydrogen) atoms. The summed E-state index contributed by atoms with van der Waals surface area (Å²) in [5.74, 6) is 0. The van der Waals surface area contributed by atoms with E-state index in [0.29, 0.717) is 0 Å². The van der Waals surface area contributed by atoms with Gasteiger partial charge in [-0.2, -0.15) is 67.9 Å². The Bertz CT molecular complexity index is 1440. The number of benzene rings is 5. The summed E-state index contributed by atoms with van der Waals surface area (Å²) >= 11 is 0. The Hall–Kier alpha value is -4.01. The Kier molecular flexibility index (Phi) is 9.11. The van der Waals surface area contributed by atoms with Crippen molar-refractivity contribution in [2.75, 3.05) is 33.7 Å². The molecule has 0 unspecified atom stereocenters. The molecule has 0 radical (unpaired) electrons. The van der Waals surface area contributed by atoms with Gasteiger partial charge in [-0.3, -0.25) is 0 Å². The van der Waals surface area contributed by atoms with E-state index in [4.69, 9.17) is 0 Å². The first kappa shape index (κ1) is 28.5. The largest absolute Gasteiger partial charge is 4.00 e. The number of fused-ring (bicyclic) bond motifs is 2. The Labute approximate surface area is 258 Å². The monoisotopic (exact) mass is 715 g/mol. The van der Waals surface area contributed by atoms with Gasteiger partial charge in [-0.05, 0) is 57.0 Å². The van der Waals surface area contributed by atoms with Crippen LogP contribution in [0.4, 0.5) is 22.7 Å². The minimum atomic E-state index is 0. The second-order valence-electron chi connectivity index (χ2n) is 10.0. The smallest absolute Gasteiger partial charge is 0.504 e. The van der Waals surface area contributed by atoms with E-state index in [1.807, 2.05) is 30.3 Å². The summed E-state index contributed by atoms with van der Waals surface area (Å²) in [7, 11) is 4.19. The van der Waals surface area contributed by atoms with Gasteiger partial charge in [0.2, 0.25) is 0 Å². The molecular weight excluding hydrogens is 684 g/mol. The Morgan fingerprint density at radius 3 is 1.46 bits per heavy atom. The number of hydrogen-bond donors (Lipinski definition) is 0. The van der Waals surface area contributed by atoms with Crippen LogP contribution in [0.5, 0.6) is 0 Å². The number of anilines is 4. The summed E-state index contributed by atoms with van der Waals surface area (Å²) in [5, 5.41) is 0. The Morgan fingerprint density at radius 2 is 0.951 bits per heavy atom. The summed E-state index contributed by atoms with van der Waals surface area (Å²) < 4.78 is 0. The zero-order chi connectivity index (χ0) is 27.3. The van der Waals surface area contributed by atoms with Gasteiger partial charge < -0.3 is 19.6 Å². The van der Waals surface area contributed by atoms with Gasteiger partial charge in [0.25, 0.3) is 0 Å². The Balaban J connectivity index is 0.000000218. The molecule has 7 rings (SSSR count). The van der Waals surface area contributed by atoms with E-state index in [0.717, 1.165) is 13.1 Å². The zero-order valence-corrected chi connectivity index (χ0v) is 25.5. The SMILES string of the molecule is CN1[CH-]N(Cc2[c-]c(CN3[CH-]N(C)c4ccccc43)ccc2)c2ccccc21.[Pt+4].[c-]1ccc(-c2ccccc2)cc1. The maximum atomic E-state index is 3.63. The van der Waals surface area contributed by atoms with Crippen molar-refractivity contribution >= 4 is 22.7 Å². The van der Waals surface area contributed by atoms with E-state index in [-0.39, 0.29) is 21.1 Å². The maximum absolute atomic E-state index is 3.63. The molecule has 0 fully saturated rings. The van der Waals surface area contributed by atoms with Crippen LogP contribution in [-0.4, -0.2) is 14.1 Å². The number of hydrogen-bond acceptors (Lipinski definition) is 4. The summed E-state index contributed by atoms with van der Waals surface area (Å²) in [6.07, 6.45) is 0. The van der Waals surface area contributed by atoms with Gasteiger partial charge >= 0.3 is 21.1 Å². The van der Waals surface area contributed by atoms with E-state index in [1.54, 1.807) is 0 Å². The molecule has 206 valence electrons. The average Bonchev–Trinajstić information content (AvgIpc) is 3.50. The third-order valence-electron chi connectivity index (χ3n) is 7.19. The first-order chi connectivity index (χ1) is 19.7. The van der Waals surface area contributed by atoms with Crippen molar-refractivity contribution in [1.29, 1.82) is 0 Å². The molecule has 2 aliphatic rings. The third kappa shape index (κ3) is 6.50. The second kappa shape index (κ2) is 13.1. The Morgan fingerprint density at radius 1 is 0.512 bits per heavy atom. The first-order valence-electron chi connectivity index (χ1n) is 13.5. The molecule has 0 bridgehead atoms. The average molecular weight is 716 g/mol. The number of para-hydroxylation sites is 4. The molecule has 0 spiro atoms. The van der Waals surface area contributed by atoms with Crippen molar-refractivity contribution in [3.63, 3.8) is 0 Å². The van der Waals surface area contributed by atoms with Crippen LogP contribution in [0.1, 0.15) is 11.1 Å². The molecule has 5 aromatic carbocycles. The van der Waals surface area contributed by atoms with E-state index >= 15 is 0 Å². The summed E-state index contributed by atoms with van der Waals surface area (Å²) in [4.78, 5) is 8.92. The first-order valence-corrected chi connectivity index (χ1v) is 13.5. The minimum absolute atomic E-state index is 0. The van der Waals surface area contributed by atoms with Crippen LogP contribution in [0.3, 0.4) is 0 Å². The van der Waals surface area contributed by atoms with Crippen molar-refractivity contribution in [2.45, 2.75) is 13.1 Å². The summed E-state index contributed by atoms with van der Waals surface area (Å²) in [6.45, 7) is 5.94. The molecule has 5 aromatic rings. The van der Waals surface area contributed by atoms with Crippen LogP contribution >= 0.6 is 0 Å². The summed E-state index contributed by atoms with van der Waals surface area (Å²) in [6, 6.07) is 48.4. The van der Waals surface area contributed by atoms with Gasteiger partial charge in [-0.15, -0.1) is 16.7 Å². The van der Waals surface area contributed by atoms with Crippen LogP contribution in [0.2, 0.25) is 0 Å². The van der Waals surface area contributed by atoms with Gasteiger partial charge in [0, 0.05) is 22.7 Å². The van der Waals surface area contributed by atoms with Gasteiger partial charge in [0.1, 0.15) is 0 Å². The number of nitrogens with zero attached hydrogens (tertiary/aromatic N) is 4. The molecule has 0 amide bonds. The second-order valence-corrected chi connectivity index (χ2v) is 10.0. The quantitative estimate of drug-likeness (QED) is 0.172. The van der Waals surface area contributed by atoms with Crippen LogP contribution in [0.25, 0.3) is 11.1 Å².